The highest BCUT2D eigenvalue weighted by Crippen LogP contribution is 2.23. The number of primary amides is 1. The van der Waals surface area contributed by atoms with Gasteiger partial charge >= 0.3 is 11.9 Å². The monoisotopic (exact) mass is 791 g/mol. The van der Waals surface area contributed by atoms with Crippen LogP contribution in [0.2, 0.25) is 0 Å². The SMILES string of the molecule is NC(=O)CC[C@H]1NC(=O)[C@@H](CC(=O)O)NC(=O)[C@@H]2CCCN2C(=O)[C@@H](Cc2c[nH+]c[nH]2)NC(=O)[C@@H]2CCCN2C(=O)[C@@H](CCC(=O)O)NC(=O)[C@@H](CO)NC1=O. The number of nitrogens with zero attached hydrogens (tertiary/aromatic N) is 2. The Bertz CT molecular complexity index is 1690. The summed E-state index contributed by atoms with van der Waals surface area (Å²) in [6.07, 6.45) is 0.809. The summed E-state index contributed by atoms with van der Waals surface area (Å²) in [5, 5.41) is 40.9. The van der Waals surface area contributed by atoms with Crippen LogP contribution in [0.3, 0.4) is 0 Å². The zero-order valence-corrected chi connectivity index (χ0v) is 30.3. The van der Waals surface area contributed by atoms with E-state index in [-0.39, 0.29) is 32.4 Å². The molecule has 0 aromatic carbocycles. The van der Waals surface area contributed by atoms with E-state index in [1.165, 1.54) is 11.2 Å². The predicted octanol–water partition coefficient (Wildman–Crippen LogP) is -5.61. The van der Waals surface area contributed by atoms with Crippen molar-refractivity contribution in [3.8, 4) is 0 Å². The Morgan fingerprint density at radius 3 is 1.71 bits per heavy atom. The average molecular weight is 792 g/mol. The lowest BCUT2D eigenvalue weighted by molar-refractivity contribution is -0.376. The Morgan fingerprint density at radius 2 is 1.18 bits per heavy atom. The van der Waals surface area contributed by atoms with E-state index >= 15 is 0 Å². The summed E-state index contributed by atoms with van der Waals surface area (Å²) in [6.45, 7) is -0.990. The molecule has 0 unspecified atom stereocenters. The van der Waals surface area contributed by atoms with Crippen molar-refractivity contribution < 1.29 is 68.2 Å². The maximum Gasteiger partial charge on any atom is 0.305 e. The molecule has 23 nitrogen and oxygen atoms in total. The van der Waals surface area contributed by atoms with E-state index in [1.807, 2.05) is 0 Å². The maximum absolute atomic E-state index is 14.2. The van der Waals surface area contributed by atoms with Crippen molar-refractivity contribution in [2.75, 3.05) is 19.7 Å². The number of hydrogen-bond donors (Lipinski definition) is 10. The van der Waals surface area contributed by atoms with Crippen molar-refractivity contribution in [3.63, 3.8) is 0 Å². The van der Waals surface area contributed by atoms with Crippen molar-refractivity contribution >= 4 is 59.2 Å². The topological polar surface area (TPSA) is 354 Å². The zero-order valence-electron chi connectivity index (χ0n) is 30.3. The van der Waals surface area contributed by atoms with Gasteiger partial charge in [-0.15, -0.1) is 0 Å². The third-order valence-corrected chi connectivity index (χ3v) is 9.72. The number of aliphatic hydroxyl groups is 1. The molecule has 1 aromatic rings. The summed E-state index contributed by atoms with van der Waals surface area (Å²) in [4.78, 5) is 139. The summed E-state index contributed by atoms with van der Waals surface area (Å²) < 4.78 is 0. The first kappa shape index (κ1) is 42.6. The number of hydrogen-bond acceptors (Lipinski definition) is 11. The molecule has 0 aliphatic carbocycles. The first-order valence-electron chi connectivity index (χ1n) is 18.1. The second kappa shape index (κ2) is 19.5. The highest BCUT2D eigenvalue weighted by Gasteiger charge is 2.43. The second-order valence-electron chi connectivity index (χ2n) is 13.7. The number of carbonyl (C=O) groups excluding carboxylic acids is 8. The fraction of sp³-hybridized carbons (Fsp3) is 0.606. The van der Waals surface area contributed by atoms with Crippen LogP contribution in [0, 0.1) is 0 Å². The average Bonchev–Trinajstić information content (AvgIpc) is 3.95. The molecule has 4 heterocycles. The minimum absolute atomic E-state index is 0.0217. The number of aliphatic carboxylic acids is 2. The number of H-pyrrole nitrogens is 2. The molecule has 3 aliphatic heterocycles. The Hall–Kier alpha value is -6.13. The quantitative estimate of drug-likeness (QED) is 0.100. The van der Waals surface area contributed by atoms with Crippen molar-refractivity contribution in [1.29, 1.82) is 0 Å². The number of aliphatic hydroxyl groups excluding tert-OH is 1. The molecule has 306 valence electrons. The number of carboxylic acid groups (broad SMARTS) is 2. The molecule has 56 heavy (non-hydrogen) atoms. The van der Waals surface area contributed by atoms with Crippen LogP contribution in [0.1, 0.15) is 63.5 Å². The molecule has 7 atom stereocenters. The number of aromatic nitrogens is 2. The summed E-state index contributed by atoms with van der Waals surface area (Å²) in [5.41, 5.74) is 5.73. The van der Waals surface area contributed by atoms with Crippen LogP contribution in [0.5, 0.6) is 0 Å². The summed E-state index contributed by atoms with van der Waals surface area (Å²) >= 11 is 0. The lowest BCUT2D eigenvalue weighted by atomic mass is 10.1. The molecule has 0 radical (unpaired) electrons. The van der Waals surface area contributed by atoms with Gasteiger partial charge in [-0.1, -0.05) is 0 Å². The third kappa shape index (κ3) is 11.2. The van der Waals surface area contributed by atoms with E-state index in [4.69, 9.17) is 5.73 Å². The van der Waals surface area contributed by atoms with Gasteiger partial charge in [0.15, 0.2) is 0 Å². The highest BCUT2D eigenvalue weighted by atomic mass is 16.4. The molecule has 8 amide bonds. The molecule has 0 saturated carbocycles. The van der Waals surface area contributed by atoms with Crippen molar-refractivity contribution in [1.82, 2.24) is 41.4 Å². The normalized spacial score (nSPS) is 27.2. The summed E-state index contributed by atoms with van der Waals surface area (Å²) in [5.74, 6) is -10.4. The number of rotatable bonds is 11. The van der Waals surface area contributed by atoms with Gasteiger partial charge < -0.3 is 57.4 Å². The number of imidazole rings is 1. The Morgan fingerprint density at radius 1 is 0.679 bits per heavy atom. The summed E-state index contributed by atoms with van der Waals surface area (Å²) in [6, 6.07) is -10.5. The number of nitrogens with one attached hydrogen (secondary N) is 7. The van der Waals surface area contributed by atoms with Crippen molar-refractivity contribution in [2.24, 2.45) is 5.73 Å². The molecular formula is C33H47N10O13+. The van der Waals surface area contributed by atoms with Gasteiger partial charge in [0.05, 0.1) is 13.0 Å². The first-order chi connectivity index (χ1) is 26.6. The lowest BCUT2D eigenvalue weighted by Gasteiger charge is -2.32. The third-order valence-electron chi connectivity index (χ3n) is 9.72. The molecule has 23 heteroatoms. The van der Waals surface area contributed by atoms with Gasteiger partial charge in [-0.05, 0) is 38.5 Å². The van der Waals surface area contributed by atoms with Crippen molar-refractivity contribution in [3.05, 3.63) is 18.2 Å². The van der Waals surface area contributed by atoms with E-state index in [0.29, 0.717) is 18.5 Å². The molecule has 3 aliphatic rings. The van der Waals surface area contributed by atoms with Gasteiger partial charge in [0.1, 0.15) is 54.2 Å². The van der Waals surface area contributed by atoms with E-state index in [2.05, 4.69) is 36.6 Å². The minimum atomic E-state index is -1.81. The van der Waals surface area contributed by atoms with E-state index in [0.717, 1.165) is 4.90 Å². The smallest absolute Gasteiger partial charge is 0.305 e. The fourth-order valence-corrected chi connectivity index (χ4v) is 6.87. The fourth-order valence-electron chi connectivity index (χ4n) is 6.87. The van der Waals surface area contributed by atoms with Crippen LogP contribution in [0.15, 0.2) is 12.5 Å². The van der Waals surface area contributed by atoms with E-state index in [1.54, 1.807) is 6.20 Å². The van der Waals surface area contributed by atoms with E-state index < -0.39 is 140 Å². The number of aromatic amines is 2. The summed E-state index contributed by atoms with van der Waals surface area (Å²) in [7, 11) is 0. The highest BCUT2D eigenvalue weighted by molar-refractivity contribution is 5.99. The number of amides is 8. The molecule has 4 rings (SSSR count). The predicted molar refractivity (Wildman–Crippen MR) is 185 cm³/mol. The molecule has 0 spiro atoms. The second-order valence-corrected chi connectivity index (χ2v) is 13.7. The van der Waals surface area contributed by atoms with Crippen LogP contribution in [-0.2, 0) is 54.4 Å². The van der Waals surface area contributed by atoms with Gasteiger partial charge in [-0.2, -0.15) is 0 Å². The van der Waals surface area contributed by atoms with Gasteiger partial charge in [0, 0.05) is 32.4 Å². The Labute approximate surface area is 318 Å². The van der Waals surface area contributed by atoms with Crippen LogP contribution in [0.25, 0.3) is 0 Å². The van der Waals surface area contributed by atoms with Crippen LogP contribution in [-0.4, -0.2) is 151 Å². The molecule has 12 N–H and O–H groups in total. The Balaban J connectivity index is 1.76. The minimum Gasteiger partial charge on any atom is -0.481 e. The largest absolute Gasteiger partial charge is 0.481 e. The maximum atomic E-state index is 14.2. The molecule has 3 saturated heterocycles. The van der Waals surface area contributed by atoms with Gasteiger partial charge in [-0.3, -0.25) is 52.9 Å². The molecular weight excluding hydrogens is 744 g/mol. The van der Waals surface area contributed by atoms with Gasteiger partial charge in [0.2, 0.25) is 53.6 Å². The van der Waals surface area contributed by atoms with Crippen LogP contribution >= 0.6 is 0 Å². The lowest BCUT2D eigenvalue weighted by Crippen LogP contribution is -2.60. The van der Waals surface area contributed by atoms with Crippen molar-refractivity contribution in [2.45, 2.75) is 107 Å². The number of fused-ring (bicyclic) bond motifs is 2. The Kier molecular flexibility index (Phi) is 14.8. The van der Waals surface area contributed by atoms with Crippen LogP contribution < -0.4 is 37.3 Å². The molecule has 3 fully saturated rings. The number of nitrogens with two attached hydrogens (primary N) is 1. The number of carbonyl (C=O) groups is 10. The number of carboxylic acids is 2. The standard InChI is InChI=1S/C33H46N10O13/c34-24(45)7-5-17-27(50)41-21(14-44)29(52)38-18(6-8-25(46)47)32(55)42-9-1-4-23(42)31(54)40-20(11-16-13-35-15-36-16)33(56)43-10-2-3-22(43)30(53)39-19(12-26(48)49)28(51)37-17/h13,15,17-23,44H,1-12,14H2,(H2,34,45)(H,35,36)(H,37,51)(H,38,52)(H,39,53)(H,40,54)(H,41,50)(H,46,47)(H,48,49)/p+1/t17-,18-,19-,20-,21-,22+,23+/m1/s1. The van der Waals surface area contributed by atoms with E-state index in [9.17, 15) is 63.3 Å². The van der Waals surface area contributed by atoms with Gasteiger partial charge in [-0.25, -0.2) is 4.98 Å². The molecule has 0 bridgehead atoms. The van der Waals surface area contributed by atoms with Crippen LogP contribution in [0.4, 0.5) is 0 Å². The molecule has 1 aromatic heterocycles. The van der Waals surface area contributed by atoms with Gasteiger partial charge in [0.25, 0.3) is 0 Å². The zero-order chi connectivity index (χ0) is 41.1. The first-order valence-corrected chi connectivity index (χ1v) is 18.1.